The Hall–Kier alpha value is -2.80. The second kappa shape index (κ2) is 5.19. The number of fused-ring (bicyclic) bond motifs is 1. The summed E-state index contributed by atoms with van der Waals surface area (Å²) in [6.07, 6.45) is 1.33. The summed E-state index contributed by atoms with van der Waals surface area (Å²) in [5.74, 6) is -0.674. The lowest BCUT2D eigenvalue weighted by Crippen LogP contribution is -2.11. The van der Waals surface area contributed by atoms with E-state index in [1.165, 1.54) is 16.8 Å². The van der Waals surface area contributed by atoms with Gasteiger partial charge in [-0.1, -0.05) is 11.6 Å². The molecule has 0 radical (unpaired) electrons. The first-order valence-corrected chi connectivity index (χ1v) is 6.65. The Balaban J connectivity index is 1.96. The molecule has 1 amide bonds. The first-order valence-electron chi connectivity index (χ1n) is 6.27. The smallest absolute Gasteiger partial charge is 0.408 e. The fraction of sp³-hybridized carbons (Fsp3) is 0.0714. The van der Waals surface area contributed by atoms with Gasteiger partial charge in [-0.3, -0.25) is 9.36 Å². The van der Waals surface area contributed by atoms with E-state index >= 15 is 0 Å². The molecule has 0 aliphatic heterocycles. The van der Waals surface area contributed by atoms with Crippen LogP contribution in [0.4, 0.5) is 11.5 Å². The molecule has 3 rings (SSSR count). The minimum Gasteiger partial charge on any atom is -0.408 e. The summed E-state index contributed by atoms with van der Waals surface area (Å²) >= 11 is 6.06. The summed E-state index contributed by atoms with van der Waals surface area (Å²) in [5, 5.41) is 3.25. The zero-order chi connectivity index (χ0) is 15.9. The number of rotatable bonds is 3. The highest BCUT2D eigenvalue weighted by molar-refractivity contribution is 6.33. The number of aromatic nitrogens is 2. The quantitative estimate of drug-likeness (QED) is 0.769. The Kier molecular flexibility index (Phi) is 3.34. The van der Waals surface area contributed by atoms with Gasteiger partial charge in [0.05, 0.1) is 16.1 Å². The van der Waals surface area contributed by atoms with Gasteiger partial charge in [-0.25, -0.2) is 9.78 Å². The summed E-state index contributed by atoms with van der Waals surface area (Å²) in [5.41, 5.74) is 7.15. The average molecular weight is 319 g/mol. The Bertz CT molecular complexity index is 945. The Morgan fingerprint density at radius 2 is 2.18 bits per heavy atom. The molecule has 3 N–H and O–H groups in total. The molecular weight excluding hydrogens is 308 g/mol. The maximum Gasteiger partial charge on any atom is 0.419 e. The van der Waals surface area contributed by atoms with E-state index in [0.29, 0.717) is 22.6 Å². The molecule has 2 aromatic heterocycles. The summed E-state index contributed by atoms with van der Waals surface area (Å²) in [4.78, 5) is 26.6. The molecule has 0 spiro atoms. The van der Waals surface area contributed by atoms with Crippen LogP contribution in [0.1, 0.15) is 10.4 Å². The van der Waals surface area contributed by atoms with Gasteiger partial charge in [-0.2, -0.15) is 0 Å². The summed E-state index contributed by atoms with van der Waals surface area (Å²) in [7, 11) is 1.63. The highest BCUT2D eigenvalue weighted by Gasteiger charge is 2.10. The van der Waals surface area contributed by atoms with Crippen molar-refractivity contribution >= 4 is 40.1 Å². The number of oxazole rings is 1. The second-order valence-corrected chi connectivity index (χ2v) is 5.06. The normalized spacial score (nSPS) is 10.8. The van der Waals surface area contributed by atoms with Crippen molar-refractivity contribution in [3.8, 4) is 0 Å². The molecule has 0 fully saturated rings. The average Bonchev–Trinajstić information content (AvgIpc) is 2.75. The van der Waals surface area contributed by atoms with Crippen molar-refractivity contribution in [1.82, 2.24) is 9.55 Å². The summed E-state index contributed by atoms with van der Waals surface area (Å²) in [6.45, 7) is 0. The van der Waals surface area contributed by atoms with Gasteiger partial charge >= 0.3 is 5.76 Å². The molecular formula is C14H11ClN4O3. The van der Waals surface area contributed by atoms with Gasteiger partial charge in [0.2, 0.25) is 5.91 Å². The lowest BCUT2D eigenvalue weighted by molar-refractivity contribution is 0.1000. The topological polar surface area (TPSA) is 103 Å². The summed E-state index contributed by atoms with van der Waals surface area (Å²) < 4.78 is 6.52. The zero-order valence-electron chi connectivity index (χ0n) is 11.5. The number of aryl methyl sites for hydroxylation is 1. The van der Waals surface area contributed by atoms with Gasteiger partial charge in [0.1, 0.15) is 5.82 Å². The largest absolute Gasteiger partial charge is 0.419 e. The number of pyridine rings is 1. The van der Waals surface area contributed by atoms with Crippen molar-refractivity contribution < 1.29 is 9.21 Å². The number of primary amides is 1. The molecule has 0 saturated heterocycles. The predicted molar refractivity (Wildman–Crippen MR) is 82.5 cm³/mol. The molecule has 0 aliphatic carbocycles. The number of anilines is 2. The van der Waals surface area contributed by atoms with E-state index in [1.807, 2.05) is 0 Å². The third-order valence-corrected chi connectivity index (χ3v) is 3.47. The Morgan fingerprint density at radius 3 is 2.86 bits per heavy atom. The number of carbonyl (C=O) groups is 1. The minimum atomic E-state index is -0.603. The number of nitrogens with two attached hydrogens (primary N) is 1. The molecule has 0 unspecified atom stereocenters. The van der Waals surface area contributed by atoms with E-state index in [9.17, 15) is 9.59 Å². The number of amides is 1. The van der Waals surface area contributed by atoms with Crippen LogP contribution >= 0.6 is 11.6 Å². The van der Waals surface area contributed by atoms with Crippen molar-refractivity contribution in [1.29, 1.82) is 0 Å². The first-order chi connectivity index (χ1) is 10.5. The number of nitrogens with one attached hydrogen (secondary N) is 1. The maximum absolute atomic E-state index is 11.5. The molecule has 0 aliphatic rings. The highest BCUT2D eigenvalue weighted by atomic mass is 35.5. The van der Waals surface area contributed by atoms with Crippen LogP contribution in [0.3, 0.4) is 0 Å². The van der Waals surface area contributed by atoms with Gasteiger partial charge < -0.3 is 15.5 Å². The van der Waals surface area contributed by atoms with Crippen molar-refractivity contribution in [3.05, 3.63) is 51.6 Å². The second-order valence-electron chi connectivity index (χ2n) is 4.65. The lowest BCUT2D eigenvalue weighted by Gasteiger charge is -2.08. The van der Waals surface area contributed by atoms with E-state index in [4.69, 9.17) is 21.8 Å². The number of hydrogen-bond donors (Lipinski definition) is 2. The monoisotopic (exact) mass is 318 g/mol. The summed E-state index contributed by atoms with van der Waals surface area (Å²) in [6, 6.07) is 6.60. The van der Waals surface area contributed by atoms with Gasteiger partial charge in [0.25, 0.3) is 0 Å². The fourth-order valence-corrected chi connectivity index (χ4v) is 2.23. The van der Waals surface area contributed by atoms with Gasteiger partial charge in [0, 0.05) is 25.0 Å². The van der Waals surface area contributed by atoms with Crippen molar-refractivity contribution in [2.24, 2.45) is 12.8 Å². The first kappa shape index (κ1) is 14.2. The van der Waals surface area contributed by atoms with Crippen LogP contribution in [-0.4, -0.2) is 15.5 Å². The van der Waals surface area contributed by atoms with Crippen LogP contribution < -0.4 is 16.8 Å². The molecule has 0 atom stereocenters. The molecule has 8 heteroatoms. The van der Waals surface area contributed by atoms with Crippen molar-refractivity contribution in [3.63, 3.8) is 0 Å². The molecule has 1 aromatic carbocycles. The maximum atomic E-state index is 11.5. The standard InChI is InChI=1S/C14H11ClN4O3/c1-19-10-3-2-8(5-11(10)22-14(19)21)18-13-9(15)4-7(6-17-13)12(16)20/h2-6H,1H3,(H2,16,20)(H,17,18). The molecule has 22 heavy (non-hydrogen) atoms. The van der Waals surface area contributed by atoms with E-state index in [-0.39, 0.29) is 10.6 Å². The Labute approximate surface area is 129 Å². The number of halogens is 1. The van der Waals surface area contributed by atoms with Gasteiger partial charge in [0.15, 0.2) is 5.58 Å². The van der Waals surface area contributed by atoms with Crippen LogP contribution in [-0.2, 0) is 7.05 Å². The van der Waals surface area contributed by atoms with Crippen LogP contribution in [0, 0.1) is 0 Å². The fourth-order valence-electron chi connectivity index (χ4n) is 2.01. The molecule has 0 saturated carbocycles. The minimum absolute atomic E-state index is 0.222. The number of nitrogens with zero attached hydrogens (tertiary/aromatic N) is 2. The number of carbonyl (C=O) groups excluding carboxylic acids is 1. The van der Waals surface area contributed by atoms with Crippen molar-refractivity contribution in [2.75, 3.05) is 5.32 Å². The third kappa shape index (κ3) is 2.42. The van der Waals surface area contributed by atoms with E-state index in [1.54, 1.807) is 25.2 Å². The van der Waals surface area contributed by atoms with E-state index in [2.05, 4.69) is 10.3 Å². The molecule has 112 valence electrons. The van der Waals surface area contributed by atoms with Crippen molar-refractivity contribution in [2.45, 2.75) is 0 Å². The predicted octanol–water partition coefficient (Wildman–Crippen LogP) is 2.02. The lowest BCUT2D eigenvalue weighted by atomic mass is 10.2. The zero-order valence-corrected chi connectivity index (χ0v) is 12.2. The van der Waals surface area contributed by atoms with Gasteiger partial charge in [-0.05, 0) is 18.2 Å². The number of hydrogen-bond acceptors (Lipinski definition) is 5. The van der Waals surface area contributed by atoms with E-state index in [0.717, 1.165) is 0 Å². The highest BCUT2D eigenvalue weighted by Crippen LogP contribution is 2.25. The van der Waals surface area contributed by atoms with Crippen LogP contribution in [0.25, 0.3) is 11.1 Å². The molecule has 3 aromatic rings. The van der Waals surface area contributed by atoms with Crippen LogP contribution in [0.15, 0.2) is 39.7 Å². The molecule has 2 heterocycles. The van der Waals surface area contributed by atoms with E-state index < -0.39 is 11.7 Å². The van der Waals surface area contributed by atoms with Crippen LogP contribution in [0.2, 0.25) is 5.02 Å². The van der Waals surface area contributed by atoms with Crippen LogP contribution in [0.5, 0.6) is 0 Å². The number of benzene rings is 1. The van der Waals surface area contributed by atoms with Gasteiger partial charge in [-0.15, -0.1) is 0 Å². The SMILES string of the molecule is Cn1c(=O)oc2cc(Nc3ncc(C(N)=O)cc3Cl)ccc21. The molecule has 0 bridgehead atoms. The Morgan fingerprint density at radius 1 is 1.41 bits per heavy atom. The molecule has 7 nitrogen and oxygen atoms in total. The third-order valence-electron chi connectivity index (χ3n) is 3.18.